The number of likely N-dealkylation sites (N-methyl/N-ethyl adjacent to an activating group) is 3. The van der Waals surface area contributed by atoms with E-state index < -0.39 is 48.4 Å². The van der Waals surface area contributed by atoms with Crippen molar-refractivity contribution in [2.45, 2.75) is 130 Å². The van der Waals surface area contributed by atoms with Crippen LogP contribution in [0.25, 0.3) is 0 Å². The van der Waals surface area contributed by atoms with Gasteiger partial charge >= 0.3 is 0 Å². The van der Waals surface area contributed by atoms with Crippen molar-refractivity contribution in [3.05, 3.63) is 35.9 Å². The second kappa shape index (κ2) is 23.2. The first-order valence-corrected chi connectivity index (χ1v) is 20.3. The molecular formula is C42H74N6O7. The number of nitrogens with zero attached hydrogens (tertiary/aromatic N) is 3. The van der Waals surface area contributed by atoms with E-state index in [2.05, 4.69) is 22.9 Å². The van der Waals surface area contributed by atoms with Crippen molar-refractivity contribution >= 4 is 23.6 Å². The molecule has 1 fully saturated rings. The normalized spacial score (nSPS) is 19.7. The lowest BCUT2D eigenvalue weighted by Crippen LogP contribution is -2.60. The largest absolute Gasteiger partial charge is 0.386 e. The van der Waals surface area contributed by atoms with Crippen LogP contribution in [0.4, 0.5) is 0 Å². The number of benzene rings is 1. The minimum atomic E-state index is -0.878. The number of carbonyl (C=O) groups excluding carboxylic acids is 4. The Hall–Kier alpha value is -3.10. The molecule has 0 spiro atoms. The van der Waals surface area contributed by atoms with Gasteiger partial charge in [-0.3, -0.25) is 24.1 Å². The van der Waals surface area contributed by atoms with E-state index in [4.69, 9.17) is 9.47 Å². The van der Waals surface area contributed by atoms with Crippen molar-refractivity contribution in [3.63, 3.8) is 0 Å². The third-order valence-corrected chi connectivity index (χ3v) is 11.6. The maximum Gasteiger partial charge on any atom is 0.245 e. The standard InChI is InChI=1S/C42H74N6O7/c1-14-28(6)37(47(11)42(53)35(26(2)3)45-41(52)36(27(4)5)46(10)24-22-43-9)33(54-12)25-34(49)48-23-18-21-32(48)39(55-13)29(7)40(51)44-30(8)38(50)31-19-16-15-17-20-31/h15-17,19-20,26-30,32-33,35-39,43,50H,14,18,21-25H2,1-13H3,(H,44,51)(H,45,52)/t28-,29+,30+,32-,33+,35-,36-,37-,38+,39+/m0/s1. The van der Waals surface area contributed by atoms with E-state index >= 15 is 0 Å². The molecule has 0 saturated carbocycles. The Morgan fingerprint density at radius 3 is 2.09 bits per heavy atom. The summed E-state index contributed by atoms with van der Waals surface area (Å²) < 4.78 is 12.0. The van der Waals surface area contributed by atoms with Crippen molar-refractivity contribution in [2.75, 3.05) is 55.0 Å². The molecule has 314 valence electrons. The van der Waals surface area contributed by atoms with E-state index in [1.54, 1.807) is 44.9 Å². The number of carbonyl (C=O) groups is 4. The Bertz CT molecular complexity index is 1330. The Labute approximate surface area is 331 Å². The van der Waals surface area contributed by atoms with Gasteiger partial charge in [-0.1, -0.05) is 85.2 Å². The lowest BCUT2D eigenvalue weighted by molar-refractivity contribution is -0.148. The van der Waals surface area contributed by atoms with Crippen molar-refractivity contribution in [2.24, 2.45) is 23.7 Å². The summed E-state index contributed by atoms with van der Waals surface area (Å²) in [5.74, 6) is -1.61. The summed E-state index contributed by atoms with van der Waals surface area (Å²) in [6.45, 7) is 17.4. The molecule has 0 bridgehead atoms. The number of aliphatic hydroxyl groups excluding tert-OH is 1. The van der Waals surface area contributed by atoms with Crippen LogP contribution in [0.2, 0.25) is 0 Å². The van der Waals surface area contributed by atoms with Crippen LogP contribution in [0.1, 0.15) is 92.7 Å². The molecular weight excluding hydrogens is 700 g/mol. The van der Waals surface area contributed by atoms with Gasteiger partial charge in [-0.15, -0.1) is 0 Å². The fourth-order valence-corrected chi connectivity index (χ4v) is 8.09. The molecule has 4 N–H and O–H groups in total. The van der Waals surface area contributed by atoms with Gasteiger partial charge in [0.05, 0.1) is 54.8 Å². The second-order valence-corrected chi connectivity index (χ2v) is 16.2. The zero-order valence-corrected chi connectivity index (χ0v) is 36.0. The molecule has 13 nitrogen and oxygen atoms in total. The number of methoxy groups -OCH3 is 2. The first-order chi connectivity index (χ1) is 26.0. The minimum absolute atomic E-state index is 0.0238. The lowest BCUT2D eigenvalue weighted by atomic mass is 9.89. The Balaban J connectivity index is 2.26. The summed E-state index contributed by atoms with van der Waals surface area (Å²) in [6, 6.07) is 6.68. The second-order valence-electron chi connectivity index (χ2n) is 16.2. The number of hydrogen-bond acceptors (Lipinski definition) is 9. The summed E-state index contributed by atoms with van der Waals surface area (Å²) in [6.07, 6.45) is 0.118. The van der Waals surface area contributed by atoms with E-state index in [0.717, 1.165) is 19.4 Å². The summed E-state index contributed by atoms with van der Waals surface area (Å²) >= 11 is 0. The number of likely N-dealkylation sites (tertiary alicyclic amines) is 1. The maximum absolute atomic E-state index is 14.4. The smallest absolute Gasteiger partial charge is 0.245 e. The summed E-state index contributed by atoms with van der Waals surface area (Å²) in [5, 5.41) is 20.0. The highest BCUT2D eigenvalue weighted by molar-refractivity contribution is 5.90. The predicted molar refractivity (Wildman–Crippen MR) is 217 cm³/mol. The quantitative estimate of drug-likeness (QED) is 0.131. The van der Waals surface area contributed by atoms with Crippen LogP contribution in [0, 0.1) is 23.7 Å². The highest BCUT2D eigenvalue weighted by Gasteiger charge is 2.43. The number of amides is 4. The summed E-state index contributed by atoms with van der Waals surface area (Å²) in [7, 11) is 8.67. The molecule has 4 amide bonds. The average Bonchev–Trinajstić information content (AvgIpc) is 3.65. The highest BCUT2D eigenvalue weighted by Crippen LogP contribution is 2.30. The lowest BCUT2D eigenvalue weighted by Gasteiger charge is -2.41. The highest BCUT2D eigenvalue weighted by atomic mass is 16.5. The monoisotopic (exact) mass is 775 g/mol. The van der Waals surface area contributed by atoms with Crippen molar-refractivity contribution < 1.29 is 33.8 Å². The predicted octanol–water partition coefficient (Wildman–Crippen LogP) is 3.46. The van der Waals surface area contributed by atoms with Gasteiger partial charge in [-0.05, 0) is 57.2 Å². The van der Waals surface area contributed by atoms with Gasteiger partial charge in [-0.25, -0.2) is 0 Å². The number of nitrogens with one attached hydrogen (secondary N) is 3. The molecule has 0 unspecified atom stereocenters. The third kappa shape index (κ3) is 13.0. The molecule has 10 atom stereocenters. The van der Waals surface area contributed by atoms with E-state index in [9.17, 15) is 24.3 Å². The fourth-order valence-electron chi connectivity index (χ4n) is 8.09. The number of ether oxygens (including phenoxy) is 2. The average molecular weight is 775 g/mol. The molecule has 2 rings (SSSR count). The van der Waals surface area contributed by atoms with Gasteiger partial charge in [-0.2, -0.15) is 0 Å². The fraction of sp³-hybridized carbons (Fsp3) is 0.762. The van der Waals surface area contributed by atoms with E-state index in [-0.39, 0.29) is 53.8 Å². The van der Waals surface area contributed by atoms with E-state index in [1.807, 2.05) is 83.9 Å². The van der Waals surface area contributed by atoms with Crippen molar-refractivity contribution in [1.82, 2.24) is 30.7 Å². The number of aliphatic hydroxyl groups is 1. The van der Waals surface area contributed by atoms with Crippen LogP contribution >= 0.6 is 0 Å². The Morgan fingerprint density at radius 1 is 0.927 bits per heavy atom. The number of hydrogen-bond donors (Lipinski definition) is 4. The molecule has 0 aromatic heterocycles. The molecule has 1 aromatic rings. The Kier molecular flexibility index (Phi) is 20.3. The Morgan fingerprint density at radius 2 is 1.56 bits per heavy atom. The minimum Gasteiger partial charge on any atom is -0.386 e. The van der Waals surface area contributed by atoms with Gasteiger partial charge in [0.1, 0.15) is 6.04 Å². The van der Waals surface area contributed by atoms with Crippen LogP contribution in [0.3, 0.4) is 0 Å². The van der Waals surface area contributed by atoms with E-state index in [1.165, 1.54) is 0 Å². The van der Waals surface area contributed by atoms with E-state index in [0.29, 0.717) is 25.1 Å². The topological polar surface area (TPSA) is 153 Å². The van der Waals surface area contributed by atoms with Crippen LogP contribution in [0.5, 0.6) is 0 Å². The number of rotatable bonds is 23. The maximum atomic E-state index is 14.4. The van der Waals surface area contributed by atoms with Crippen molar-refractivity contribution in [1.29, 1.82) is 0 Å². The first-order valence-electron chi connectivity index (χ1n) is 20.3. The van der Waals surface area contributed by atoms with Gasteiger partial charge in [0.15, 0.2) is 0 Å². The molecule has 1 aromatic carbocycles. The zero-order chi connectivity index (χ0) is 41.6. The van der Waals surface area contributed by atoms with Gasteiger partial charge in [0.25, 0.3) is 0 Å². The van der Waals surface area contributed by atoms with Crippen LogP contribution in [0.15, 0.2) is 30.3 Å². The molecule has 1 aliphatic heterocycles. The van der Waals surface area contributed by atoms with Crippen LogP contribution in [-0.2, 0) is 28.7 Å². The third-order valence-electron chi connectivity index (χ3n) is 11.6. The molecule has 55 heavy (non-hydrogen) atoms. The molecule has 0 aliphatic carbocycles. The zero-order valence-electron chi connectivity index (χ0n) is 36.0. The molecule has 13 heteroatoms. The summed E-state index contributed by atoms with van der Waals surface area (Å²) in [5.41, 5.74) is 0.711. The van der Waals surface area contributed by atoms with Gasteiger partial charge in [0, 0.05) is 40.9 Å². The SMILES string of the molecule is CC[C@H](C)[C@@H]([C@@H](CC(=O)N1CCC[C@H]1[C@H](OC)[C@@H](C)C(=O)N[C@H](C)[C@@H](O)c1ccccc1)OC)N(C)C(=O)[C@@H](NC(=O)[C@H](C(C)C)N(C)CCNC)C(C)C. The van der Waals surface area contributed by atoms with Gasteiger partial charge < -0.3 is 40.3 Å². The van der Waals surface area contributed by atoms with Gasteiger partial charge in [0.2, 0.25) is 23.6 Å². The molecule has 0 radical (unpaired) electrons. The van der Waals surface area contributed by atoms with Crippen LogP contribution < -0.4 is 16.0 Å². The molecule has 1 heterocycles. The summed E-state index contributed by atoms with van der Waals surface area (Å²) in [4.78, 5) is 61.3. The molecule has 1 aliphatic rings. The molecule has 1 saturated heterocycles. The van der Waals surface area contributed by atoms with Crippen molar-refractivity contribution in [3.8, 4) is 0 Å². The van der Waals surface area contributed by atoms with Crippen LogP contribution in [-0.4, -0.2) is 141 Å². The first kappa shape index (κ1) is 48.0.